The van der Waals surface area contributed by atoms with Crippen LogP contribution in [0.4, 0.5) is 0 Å². The largest absolute Gasteiger partial charge is 0.369 e. The van der Waals surface area contributed by atoms with Gasteiger partial charge in [0.15, 0.2) is 0 Å². The Balaban J connectivity index is 1.95. The van der Waals surface area contributed by atoms with Crippen molar-refractivity contribution in [1.29, 1.82) is 0 Å². The summed E-state index contributed by atoms with van der Waals surface area (Å²) in [4.78, 5) is 27.8. The Bertz CT molecular complexity index is 366. The third-order valence-electron chi connectivity index (χ3n) is 4.63. The van der Waals surface area contributed by atoms with Gasteiger partial charge in [0.2, 0.25) is 11.8 Å². The molecule has 3 N–H and O–H groups in total. The van der Waals surface area contributed by atoms with Crippen LogP contribution in [0.2, 0.25) is 0 Å². The summed E-state index contributed by atoms with van der Waals surface area (Å²) in [6, 6.07) is 0. The second-order valence-electron chi connectivity index (χ2n) is 5.95. The fourth-order valence-corrected chi connectivity index (χ4v) is 3.27. The summed E-state index contributed by atoms with van der Waals surface area (Å²) in [6.07, 6.45) is 2.73. The second-order valence-corrected chi connectivity index (χ2v) is 5.95. The first-order chi connectivity index (χ1) is 9.57. The zero-order valence-electron chi connectivity index (χ0n) is 12.4. The van der Waals surface area contributed by atoms with Crippen LogP contribution >= 0.6 is 0 Å². The number of carbonyl (C=O) groups is 2. The van der Waals surface area contributed by atoms with Crippen molar-refractivity contribution < 1.29 is 9.59 Å². The fourth-order valence-electron chi connectivity index (χ4n) is 3.27. The van der Waals surface area contributed by atoms with Gasteiger partial charge in [0, 0.05) is 32.7 Å². The number of nitrogens with two attached hydrogens (primary N) is 1. The summed E-state index contributed by atoms with van der Waals surface area (Å²) < 4.78 is 0. The van der Waals surface area contributed by atoms with E-state index in [2.05, 4.69) is 12.2 Å². The standard InChI is InChI=1S/C14H26N4O2/c1-2-14(4-5-16-11-14)13(20)18-7-3-6-17(8-9-18)10-12(15)19/h16H,2-11H2,1H3,(H2,15,19). The third-order valence-corrected chi connectivity index (χ3v) is 4.63. The van der Waals surface area contributed by atoms with Gasteiger partial charge >= 0.3 is 0 Å². The van der Waals surface area contributed by atoms with Crippen molar-refractivity contribution in [2.45, 2.75) is 26.2 Å². The first kappa shape index (κ1) is 15.3. The molecule has 1 atom stereocenters. The lowest BCUT2D eigenvalue weighted by Crippen LogP contribution is -2.46. The molecular weight excluding hydrogens is 256 g/mol. The molecule has 0 saturated carbocycles. The number of amides is 2. The minimum absolute atomic E-state index is 0.209. The van der Waals surface area contributed by atoms with Gasteiger partial charge in [0.25, 0.3) is 0 Å². The predicted octanol–water partition coefficient (Wildman–Crippen LogP) is -0.604. The first-order valence-corrected chi connectivity index (χ1v) is 7.58. The van der Waals surface area contributed by atoms with Crippen molar-refractivity contribution in [1.82, 2.24) is 15.1 Å². The molecule has 2 aliphatic rings. The fraction of sp³-hybridized carbons (Fsp3) is 0.857. The lowest BCUT2D eigenvalue weighted by Gasteiger charge is -2.32. The molecule has 2 heterocycles. The van der Waals surface area contributed by atoms with Gasteiger partial charge in [-0.1, -0.05) is 6.92 Å². The summed E-state index contributed by atoms with van der Waals surface area (Å²) in [6.45, 7) is 7.19. The van der Waals surface area contributed by atoms with Crippen LogP contribution in [0.25, 0.3) is 0 Å². The van der Waals surface area contributed by atoms with E-state index in [1.807, 2.05) is 9.80 Å². The van der Waals surface area contributed by atoms with Gasteiger partial charge in [-0.05, 0) is 25.8 Å². The molecule has 6 heteroatoms. The molecule has 20 heavy (non-hydrogen) atoms. The Kier molecular flexibility index (Phi) is 4.99. The molecule has 0 spiro atoms. The van der Waals surface area contributed by atoms with E-state index < -0.39 is 0 Å². The van der Waals surface area contributed by atoms with E-state index in [0.29, 0.717) is 13.1 Å². The molecular formula is C14H26N4O2. The van der Waals surface area contributed by atoms with Crippen molar-refractivity contribution in [2.75, 3.05) is 45.8 Å². The monoisotopic (exact) mass is 282 g/mol. The molecule has 2 saturated heterocycles. The number of rotatable bonds is 4. The molecule has 0 aromatic heterocycles. The van der Waals surface area contributed by atoms with Crippen LogP contribution in [-0.2, 0) is 9.59 Å². The average molecular weight is 282 g/mol. The summed E-state index contributed by atoms with van der Waals surface area (Å²) >= 11 is 0. The summed E-state index contributed by atoms with van der Waals surface area (Å²) in [7, 11) is 0. The van der Waals surface area contributed by atoms with Crippen molar-refractivity contribution >= 4 is 11.8 Å². The van der Waals surface area contributed by atoms with Crippen LogP contribution in [0.3, 0.4) is 0 Å². The Morgan fingerprint density at radius 1 is 1.25 bits per heavy atom. The summed E-state index contributed by atoms with van der Waals surface area (Å²) in [5.41, 5.74) is 5.03. The van der Waals surface area contributed by atoms with E-state index in [1.54, 1.807) is 0 Å². The van der Waals surface area contributed by atoms with E-state index in [4.69, 9.17) is 5.73 Å². The SMILES string of the molecule is CCC1(C(=O)N2CCCN(CC(N)=O)CC2)CCNC1. The van der Waals surface area contributed by atoms with E-state index in [0.717, 1.165) is 52.0 Å². The number of nitrogens with zero attached hydrogens (tertiary/aromatic N) is 2. The zero-order valence-corrected chi connectivity index (χ0v) is 12.4. The lowest BCUT2D eigenvalue weighted by atomic mass is 9.82. The third kappa shape index (κ3) is 3.30. The van der Waals surface area contributed by atoms with Crippen molar-refractivity contribution in [3.8, 4) is 0 Å². The molecule has 6 nitrogen and oxygen atoms in total. The predicted molar refractivity (Wildman–Crippen MR) is 77.0 cm³/mol. The maximum Gasteiger partial charge on any atom is 0.231 e. The lowest BCUT2D eigenvalue weighted by molar-refractivity contribution is -0.141. The molecule has 0 aliphatic carbocycles. The van der Waals surface area contributed by atoms with E-state index in [1.165, 1.54) is 0 Å². The highest BCUT2D eigenvalue weighted by atomic mass is 16.2. The van der Waals surface area contributed by atoms with Crippen LogP contribution in [0.15, 0.2) is 0 Å². The minimum atomic E-state index is -0.296. The molecule has 2 rings (SSSR count). The topological polar surface area (TPSA) is 78.7 Å². The van der Waals surface area contributed by atoms with E-state index in [9.17, 15) is 9.59 Å². The molecule has 2 aliphatic heterocycles. The van der Waals surface area contributed by atoms with Gasteiger partial charge in [-0.2, -0.15) is 0 Å². The summed E-state index contributed by atoms with van der Waals surface area (Å²) in [5.74, 6) is -0.0132. The maximum atomic E-state index is 12.8. The van der Waals surface area contributed by atoms with Crippen molar-refractivity contribution in [3.05, 3.63) is 0 Å². The van der Waals surface area contributed by atoms with Crippen LogP contribution < -0.4 is 11.1 Å². The van der Waals surface area contributed by atoms with Gasteiger partial charge in [-0.25, -0.2) is 0 Å². The molecule has 0 aromatic carbocycles. The highest BCUT2D eigenvalue weighted by Crippen LogP contribution is 2.32. The maximum absolute atomic E-state index is 12.8. The molecule has 0 radical (unpaired) electrons. The summed E-state index contributed by atoms with van der Waals surface area (Å²) in [5, 5.41) is 3.32. The van der Waals surface area contributed by atoms with Crippen LogP contribution in [0.1, 0.15) is 26.2 Å². The van der Waals surface area contributed by atoms with Crippen LogP contribution in [0, 0.1) is 5.41 Å². The quantitative estimate of drug-likeness (QED) is 0.721. The molecule has 0 bridgehead atoms. The van der Waals surface area contributed by atoms with E-state index >= 15 is 0 Å². The molecule has 1 unspecified atom stereocenters. The Labute approximate surface area is 120 Å². The van der Waals surface area contributed by atoms with Crippen molar-refractivity contribution in [2.24, 2.45) is 11.1 Å². The van der Waals surface area contributed by atoms with Gasteiger partial charge in [-0.3, -0.25) is 14.5 Å². The number of carbonyl (C=O) groups excluding carboxylic acids is 2. The first-order valence-electron chi connectivity index (χ1n) is 7.58. The smallest absolute Gasteiger partial charge is 0.231 e. The number of hydrogen-bond acceptors (Lipinski definition) is 4. The van der Waals surface area contributed by atoms with Gasteiger partial charge in [0.05, 0.1) is 12.0 Å². The van der Waals surface area contributed by atoms with Gasteiger partial charge in [0.1, 0.15) is 0 Å². The average Bonchev–Trinajstić information content (AvgIpc) is 2.80. The molecule has 114 valence electrons. The van der Waals surface area contributed by atoms with E-state index in [-0.39, 0.29) is 17.2 Å². The Morgan fingerprint density at radius 3 is 2.65 bits per heavy atom. The molecule has 2 amide bonds. The normalized spacial score (nSPS) is 28.4. The number of hydrogen-bond donors (Lipinski definition) is 2. The molecule has 2 fully saturated rings. The van der Waals surface area contributed by atoms with Crippen molar-refractivity contribution in [3.63, 3.8) is 0 Å². The zero-order chi connectivity index (χ0) is 14.6. The number of primary amides is 1. The van der Waals surface area contributed by atoms with Crippen LogP contribution in [0.5, 0.6) is 0 Å². The minimum Gasteiger partial charge on any atom is -0.369 e. The number of nitrogens with one attached hydrogen (secondary N) is 1. The Hall–Kier alpha value is -1.14. The van der Waals surface area contributed by atoms with Gasteiger partial charge < -0.3 is 16.0 Å². The highest BCUT2D eigenvalue weighted by Gasteiger charge is 2.42. The molecule has 0 aromatic rings. The van der Waals surface area contributed by atoms with Gasteiger partial charge in [-0.15, -0.1) is 0 Å². The second kappa shape index (κ2) is 6.54. The Morgan fingerprint density at radius 2 is 2.05 bits per heavy atom. The van der Waals surface area contributed by atoms with Crippen LogP contribution in [-0.4, -0.2) is 67.4 Å². The highest BCUT2D eigenvalue weighted by molar-refractivity contribution is 5.83.